The SMILES string of the molecule is CCNC(c1cnn(-c2ccccc2)n1)c1ccsc1C. The van der Waals surface area contributed by atoms with Crippen LogP contribution in [-0.2, 0) is 0 Å². The van der Waals surface area contributed by atoms with Gasteiger partial charge in [0.25, 0.3) is 0 Å². The molecule has 21 heavy (non-hydrogen) atoms. The van der Waals surface area contributed by atoms with Gasteiger partial charge < -0.3 is 5.32 Å². The monoisotopic (exact) mass is 298 g/mol. The van der Waals surface area contributed by atoms with Crippen LogP contribution in [-0.4, -0.2) is 21.5 Å². The molecule has 2 heterocycles. The second-order valence-electron chi connectivity index (χ2n) is 4.82. The van der Waals surface area contributed by atoms with Crippen LogP contribution in [0.1, 0.15) is 29.1 Å². The second-order valence-corrected chi connectivity index (χ2v) is 5.94. The minimum Gasteiger partial charge on any atom is -0.305 e. The predicted octanol–water partition coefficient (Wildman–Crippen LogP) is 3.34. The van der Waals surface area contributed by atoms with Crippen LogP contribution in [0.25, 0.3) is 5.69 Å². The normalized spacial score (nSPS) is 12.5. The zero-order chi connectivity index (χ0) is 14.7. The van der Waals surface area contributed by atoms with Gasteiger partial charge in [0, 0.05) is 4.88 Å². The summed E-state index contributed by atoms with van der Waals surface area (Å²) in [7, 11) is 0. The number of hydrogen-bond donors (Lipinski definition) is 1. The molecule has 1 atom stereocenters. The van der Waals surface area contributed by atoms with Crippen LogP contribution in [0.15, 0.2) is 48.0 Å². The van der Waals surface area contributed by atoms with Crippen molar-refractivity contribution in [3.05, 3.63) is 64.1 Å². The molecule has 108 valence electrons. The van der Waals surface area contributed by atoms with E-state index in [1.54, 1.807) is 16.1 Å². The first-order chi connectivity index (χ1) is 10.3. The lowest BCUT2D eigenvalue weighted by molar-refractivity contribution is 0.604. The fraction of sp³-hybridized carbons (Fsp3) is 0.250. The van der Waals surface area contributed by atoms with E-state index in [1.807, 2.05) is 36.5 Å². The molecule has 3 rings (SSSR count). The Morgan fingerprint density at radius 1 is 1.24 bits per heavy atom. The lowest BCUT2D eigenvalue weighted by Crippen LogP contribution is -2.22. The first-order valence-corrected chi connectivity index (χ1v) is 7.92. The van der Waals surface area contributed by atoms with Crippen LogP contribution in [0.3, 0.4) is 0 Å². The topological polar surface area (TPSA) is 42.7 Å². The van der Waals surface area contributed by atoms with Crippen molar-refractivity contribution in [1.82, 2.24) is 20.3 Å². The van der Waals surface area contributed by atoms with Crippen molar-refractivity contribution in [2.75, 3.05) is 6.54 Å². The smallest absolute Gasteiger partial charge is 0.105 e. The molecular formula is C16H18N4S. The van der Waals surface area contributed by atoms with Gasteiger partial charge in [0.2, 0.25) is 0 Å². The third-order valence-corrected chi connectivity index (χ3v) is 4.27. The third-order valence-electron chi connectivity index (χ3n) is 3.41. The molecule has 0 amide bonds. The maximum atomic E-state index is 4.64. The summed E-state index contributed by atoms with van der Waals surface area (Å²) in [6, 6.07) is 12.2. The minimum absolute atomic E-state index is 0.0960. The van der Waals surface area contributed by atoms with Gasteiger partial charge in [-0.15, -0.1) is 11.3 Å². The number of aryl methyl sites for hydroxylation is 1. The second kappa shape index (κ2) is 6.20. The molecule has 1 N–H and O–H groups in total. The minimum atomic E-state index is 0.0960. The molecule has 4 nitrogen and oxygen atoms in total. The number of nitrogens with zero attached hydrogens (tertiary/aromatic N) is 3. The largest absolute Gasteiger partial charge is 0.305 e. The van der Waals surface area contributed by atoms with Crippen molar-refractivity contribution >= 4 is 11.3 Å². The van der Waals surface area contributed by atoms with E-state index >= 15 is 0 Å². The highest BCUT2D eigenvalue weighted by atomic mass is 32.1. The lowest BCUT2D eigenvalue weighted by Gasteiger charge is -2.15. The number of rotatable bonds is 5. The van der Waals surface area contributed by atoms with Crippen LogP contribution in [0.4, 0.5) is 0 Å². The van der Waals surface area contributed by atoms with Crippen molar-refractivity contribution in [3.63, 3.8) is 0 Å². The van der Waals surface area contributed by atoms with Crippen LogP contribution < -0.4 is 5.32 Å². The van der Waals surface area contributed by atoms with Crippen molar-refractivity contribution < 1.29 is 0 Å². The summed E-state index contributed by atoms with van der Waals surface area (Å²) in [6.45, 7) is 5.14. The standard InChI is InChI=1S/C16H18N4S/c1-3-17-16(14-9-10-21-12(14)2)15-11-18-20(19-15)13-7-5-4-6-8-13/h4-11,16-17H,3H2,1-2H3. The summed E-state index contributed by atoms with van der Waals surface area (Å²) in [5, 5.41) is 14.7. The predicted molar refractivity (Wildman–Crippen MR) is 85.9 cm³/mol. The zero-order valence-electron chi connectivity index (χ0n) is 12.2. The van der Waals surface area contributed by atoms with Crippen molar-refractivity contribution in [1.29, 1.82) is 0 Å². The molecule has 0 radical (unpaired) electrons. The van der Waals surface area contributed by atoms with E-state index in [2.05, 4.69) is 40.8 Å². The summed E-state index contributed by atoms with van der Waals surface area (Å²) in [4.78, 5) is 3.00. The summed E-state index contributed by atoms with van der Waals surface area (Å²) in [5.41, 5.74) is 3.20. The number of aromatic nitrogens is 3. The summed E-state index contributed by atoms with van der Waals surface area (Å²) < 4.78 is 0. The summed E-state index contributed by atoms with van der Waals surface area (Å²) in [6.07, 6.45) is 1.84. The van der Waals surface area contributed by atoms with E-state index in [9.17, 15) is 0 Å². The highest BCUT2D eigenvalue weighted by Gasteiger charge is 2.19. The molecule has 0 aliphatic heterocycles. The number of hydrogen-bond acceptors (Lipinski definition) is 4. The average molecular weight is 298 g/mol. The van der Waals surface area contributed by atoms with Crippen LogP contribution in [0, 0.1) is 6.92 Å². The number of nitrogens with one attached hydrogen (secondary N) is 1. The maximum Gasteiger partial charge on any atom is 0.105 e. The number of para-hydroxylation sites is 1. The van der Waals surface area contributed by atoms with E-state index in [-0.39, 0.29) is 6.04 Å². The van der Waals surface area contributed by atoms with E-state index in [1.165, 1.54) is 10.4 Å². The van der Waals surface area contributed by atoms with Gasteiger partial charge in [-0.3, -0.25) is 0 Å². The Morgan fingerprint density at radius 2 is 2.05 bits per heavy atom. The van der Waals surface area contributed by atoms with E-state index in [0.29, 0.717) is 0 Å². The quantitative estimate of drug-likeness (QED) is 0.785. The number of thiophene rings is 1. The molecule has 0 aliphatic carbocycles. The first-order valence-electron chi connectivity index (χ1n) is 7.04. The van der Waals surface area contributed by atoms with E-state index in [4.69, 9.17) is 0 Å². The zero-order valence-corrected chi connectivity index (χ0v) is 13.0. The average Bonchev–Trinajstić information content (AvgIpc) is 3.15. The Labute approximate surface area is 128 Å². The summed E-state index contributed by atoms with van der Waals surface area (Å²) >= 11 is 1.76. The summed E-state index contributed by atoms with van der Waals surface area (Å²) in [5.74, 6) is 0. The van der Waals surface area contributed by atoms with Gasteiger partial charge in [0.1, 0.15) is 5.69 Å². The fourth-order valence-corrected chi connectivity index (χ4v) is 3.11. The van der Waals surface area contributed by atoms with Gasteiger partial charge in [-0.2, -0.15) is 15.0 Å². The molecular weight excluding hydrogens is 280 g/mol. The van der Waals surface area contributed by atoms with Gasteiger partial charge >= 0.3 is 0 Å². The van der Waals surface area contributed by atoms with Crippen LogP contribution in [0.2, 0.25) is 0 Å². The van der Waals surface area contributed by atoms with Crippen molar-refractivity contribution in [2.45, 2.75) is 19.9 Å². The molecule has 0 spiro atoms. The van der Waals surface area contributed by atoms with Gasteiger partial charge in [-0.25, -0.2) is 0 Å². The third kappa shape index (κ3) is 2.89. The van der Waals surface area contributed by atoms with E-state index in [0.717, 1.165) is 17.9 Å². The Hall–Kier alpha value is -1.98. The molecule has 0 saturated carbocycles. The van der Waals surface area contributed by atoms with Crippen LogP contribution >= 0.6 is 11.3 Å². The van der Waals surface area contributed by atoms with Gasteiger partial charge in [-0.05, 0) is 42.6 Å². The number of benzene rings is 1. The Morgan fingerprint density at radius 3 is 2.71 bits per heavy atom. The molecule has 1 unspecified atom stereocenters. The highest BCUT2D eigenvalue weighted by Crippen LogP contribution is 2.27. The van der Waals surface area contributed by atoms with Gasteiger partial charge in [0.05, 0.1) is 17.9 Å². The van der Waals surface area contributed by atoms with Crippen molar-refractivity contribution in [3.8, 4) is 5.69 Å². The van der Waals surface area contributed by atoms with E-state index < -0.39 is 0 Å². The molecule has 2 aromatic heterocycles. The Kier molecular flexibility index (Phi) is 4.13. The molecule has 3 aromatic rings. The molecule has 1 aromatic carbocycles. The fourth-order valence-electron chi connectivity index (χ4n) is 2.37. The molecule has 0 saturated heterocycles. The molecule has 0 aliphatic rings. The first kappa shape index (κ1) is 14.0. The maximum absolute atomic E-state index is 4.64. The lowest BCUT2D eigenvalue weighted by atomic mass is 10.1. The molecule has 0 bridgehead atoms. The molecule has 0 fully saturated rings. The highest BCUT2D eigenvalue weighted by molar-refractivity contribution is 7.10. The van der Waals surface area contributed by atoms with Gasteiger partial charge in [0.15, 0.2) is 0 Å². The van der Waals surface area contributed by atoms with Gasteiger partial charge in [-0.1, -0.05) is 25.1 Å². The Bertz CT molecular complexity index is 702. The van der Waals surface area contributed by atoms with Crippen molar-refractivity contribution in [2.24, 2.45) is 0 Å². The van der Waals surface area contributed by atoms with Crippen LogP contribution in [0.5, 0.6) is 0 Å². The Balaban J connectivity index is 1.95. The molecule has 5 heteroatoms.